The Morgan fingerprint density at radius 3 is 2.67 bits per heavy atom. The van der Waals surface area contributed by atoms with Crippen molar-refractivity contribution in [2.75, 3.05) is 7.05 Å². The number of ether oxygens (including phenoxy) is 1. The summed E-state index contributed by atoms with van der Waals surface area (Å²) in [4.78, 5) is 11.6. The minimum atomic E-state index is -0.464. The molecule has 1 amide bonds. The van der Waals surface area contributed by atoms with Crippen molar-refractivity contribution < 1.29 is 9.53 Å². The molecular formula is C13H23N3O2. The van der Waals surface area contributed by atoms with E-state index in [1.807, 2.05) is 34.7 Å². The first kappa shape index (κ1) is 14.5. The molecule has 1 rings (SSSR count). The van der Waals surface area contributed by atoms with Crippen molar-refractivity contribution in [1.29, 1.82) is 0 Å². The Labute approximate surface area is 109 Å². The lowest BCUT2D eigenvalue weighted by Gasteiger charge is -2.20. The van der Waals surface area contributed by atoms with Gasteiger partial charge < -0.3 is 10.1 Å². The Morgan fingerprint density at radius 1 is 1.56 bits per heavy atom. The molecule has 0 aromatic heterocycles. The Kier molecular flexibility index (Phi) is 4.38. The third-order valence-electron chi connectivity index (χ3n) is 2.62. The van der Waals surface area contributed by atoms with Crippen LogP contribution in [0.15, 0.2) is 17.4 Å². The average Bonchev–Trinajstić information content (AvgIpc) is 2.93. The lowest BCUT2D eigenvalue weighted by atomic mass is 10.2. The maximum absolute atomic E-state index is 11.6. The van der Waals surface area contributed by atoms with E-state index < -0.39 is 5.60 Å². The molecule has 1 fully saturated rings. The third-order valence-corrected chi connectivity index (χ3v) is 2.62. The second kappa shape index (κ2) is 5.42. The number of carbonyl (C=O) groups is 1. The molecule has 1 aliphatic carbocycles. The molecule has 0 spiro atoms. The van der Waals surface area contributed by atoms with Crippen LogP contribution in [0.1, 0.15) is 34.1 Å². The molecule has 0 aliphatic heterocycles. The van der Waals surface area contributed by atoms with Gasteiger partial charge in [-0.3, -0.25) is 5.01 Å². The van der Waals surface area contributed by atoms with E-state index in [9.17, 15) is 4.79 Å². The van der Waals surface area contributed by atoms with Crippen LogP contribution in [0.4, 0.5) is 4.79 Å². The van der Waals surface area contributed by atoms with Gasteiger partial charge in [-0.25, -0.2) is 4.79 Å². The summed E-state index contributed by atoms with van der Waals surface area (Å²) in [6, 6.07) is 0.113. The van der Waals surface area contributed by atoms with Crippen molar-refractivity contribution in [3.05, 3.63) is 12.3 Å². The van der Waals surface area contributed by atoms with Gasteiger partial charge in [0.05, 0.1) is 0 Å². The Bertz CT molecular complexity index is 358. The Balaban J connectivity index is 2.37. The number of carbonyl (C=O) groups excluding carboxylic acids is 1. The standard InChI is InChI=1S/C13H23N3O2/c1-7-14-16(6)9(2)10-8-11(10)15-12(17)18-13(3,4)5/h7,10-11H,2,8H2,1,3-6H3,(H,15,17)/b14-7-/t10-,11+/m0/s1. The molecule has 2 atom stereocenters. The molecular weight excluding hydrogens is 230 g/mol. The third kappa shape index (κ3) is 4.39. The van der Waals surface area contributed by atoms with Crippen molar-refractivity contribution in [1.82, 2.24) is 10.3 Å². The first-order chi connectivity index (χ1) is 8.24. The number of hydrogen-bond acceptors (Lipinski definition) is 4. The van der Waals surface area contributed by atoms with E-state index in [0.717, 1.165) is 12.1 Å². The number of nitrogens with zero attached hydrogens (tertiary/aromatic N) is 2. The van der Waals surface area contributed by atoms with Gasteiger partial charge in [-0.1, -0.05) is 6.58 Å². The summed E-state index contributed by atoms with van der Waals surface area (Å²) in [7, 11) is 1.85. The summed E-state index contributed by atoms with van der Waals surface area (Å²) >= 11 is 0. The lowest BCUT2D eigenvalue weighted by molar-refractivity contribution is 0.0521. The normalized spacial score (nSPS) is 22.7. The molecule has 102 valence electrons. The molecule has 0 radical (unpaired) electrons. The fourth-order valence-corrected chi connectivity index (χ4v) is 1.67. The number of amides is 1. The minimum absolute atomic E-state index is 0.113. The van der Waals surface area contributed by atoms with Crippen LogP contribution in [0.25, 0.3) is 0 Å². The molecule has 0 unspecified atom stereocenters. The zero-order chi connectivity index (χ0) is 13.9. The number of alkyl carbamates (subject to hydrolysis) is 1. The van der Waals surface area contributed by atoms with E-state index in [4.69, 9.17) is 4.74 Å². The van der Waals surface area contributed by atoms with E-state index in [2.05, 4.69) is 17.0 Å². The zero-order valence-electron chi connectivity index (χ0n) is 11.9. The van der Waals surface area contributed by atoms with Gasteiger partial charge in [0.1, 0.15) is 5.60 Å². The first-order valence-corrected chi connectivity index (χ1v) is 6.15. The number of hydrogen-bond donors (Lipinski definition) is 1. The van der Waals surface area contributed by atoms with Crippen LogP contribution in [0.3, 0.4) is 0 Å². The molecule has 0 bridgehead atoms. The van der Waals surface area contributed by atoms with Gasteiger partial charge in [0, 0.05) is 30.9 Å². The Hall–Kier alpha value is -1.52. The molecule has 1 saturated carbocycles. The zero-order valence-corrected chi connectivity index (χ0v) is 11.9. The quantitative estimate of drug-likeness (QED) is 0.618. The highest BCUT2D eigenvalue weighted by Gasteiger charge is 2.42. The second-order valence-corrected chi connectivity index (χ2v) is 5.48. The average molecular weight is 253 g/mol. The van der Waals surface area contributed by atoms with E-state index >= 15 is 0 Å². The molecule has 18 heavy (non-hydrogen) atoms. The van der Waals surface area contributed by atoms with Crippen LogP contribution in [0, 0.1) is 5.92 Å². The second-order valence-electron chi connectivity index (χ2n) is 5.48. The fraction of sp³-hybridized carbons (Fsp3) is 0.692. The topological polar surface area (TPSA) is 53.9 Å². The van der Waals surface area contributed by atoms with Crippen LogP contribution >= 0.6 is 0 Å². The molecule has 5 nitrogen and oxygen atoms in total. The summed E-state index contributed by atoms with van der Waals surface area (Å²) < 4.78 is 5.20. The summed E-state index contributed by atoms with van der Waals surface area (Å²) in [5.74, 6) is 0.256. The Morgan fingerprint density at radius 2 is 2.17 bits per heavy atom. The highest BCUT2D eigenvalue weighted by atomic mass is 16.6. The maximum atomic E-state index is 11.6. The van der Waals surface area contributed by atoms with Crippen LogP contribution in [0.2, 0.25) is 0 Å². The van der Waals surface area contributed by atoms with Gasteiger partial charge in [0.25, 0.3) is 0 Å². The molecule has 1 aliphatic rings. The largest absolute Gasteiger partial charge is 0.444 e. The van der Waals surface area contributed by atoms with Gasteiger partial charge in [-0.15, -0.1) is 0 Å². The minimum Gasteiger partial charge on any atom is -0.444 e. The maximum Gasteiger partial charge on any atom is 0.407 e. The van der Waals surface area contributed by atoms with Gasteiger partial charge in [-0.05, 0) is 34.1 Å². The molecule has 0 aromatic rings. The predicted molar refractivity (Wildman–Crippen MR) is 72.3 cm³/mol. The van der Waals surface area contributed by atoms with Crippen molar-refractivity contribution in [3.8, 4) is 0 Å². The summed E-state index contributed by atoms with van der Waals surface area (Å²) in [5.41, 5.74) is 0.448. The van der Waals surface area contributed by atoms with Gasteiger partial charge in [0.2, 0.25) is 0 Å². The van der Waals surface area contributed by atoms with Crippen LogP contribution < -0.4 is 5.32 Å². The van der Waals surface area contributed by atoms with Crippen LogP contribution in [-0.4, -0.2) is 36.0 Å². The number of nitrogens with one attached hydrogen (secondary N) is 1. The van der Waals surface area contributed by atoms with Crippen LogP contribution in [0.5, 0.6) is 0 Å². The van der Waals surface area contributed by atoms with E-state index in [1.54, 1.807) is 11.2 Å². The number of rotatable bonds is 4. The smallest absolute Gasteiger partial charge is 0.407 e. The van der Waals surface area contributed by atoms with Gasteiger partial charge in [-0.2, -0.15) is 5.10 Å². The van der Waals surface area contributed by atoms with Gasteiger partial charge >= 0.3 is 6.09 Å². The van der Waals surface area contributed by atoms with E-state index in [1.165, 1.54) is 0 Å². The molecule has 0 heterocycles. The molecule has 1 N–H and O–H groups in total. The fourth-order valence-electron chi connectivity index (χ4n) is 1.67. The highest BCUT2D eigenvalue weighted by molar-refractivity contribution is 5.68. The highest BCUT2D eigenvalue weighted by Crippen LogP contribution is 2.37. The lowest BCUT2D eigenvalue weighted by Crippen LogP contribution is -2.34. The molecule has 5 heteroatoms. The first-order valence-electron chi connectivity index (χ1n) is 6.15. The van der Waals surface area contributed by atoms with Crippen molar-refractivity contribution >= 4 is 12.3 Å². The SMILES string of the molecule is C=C([C@@H]1C[C@H]1NC(=O)OC(C)(C)C)N(C)/N=C\C. The summed E-state index contributed by atoms with van der Waals surface area (Å²) in [6.45, 7) is 11.4. The monoisotopic (exact) mass is 253 g/mol. The predicted octanol–water partition coefficient (Wildman–Crippen LogP) is 2.35. The van der Waals surface area contributed by atoms with Crippen LogP contribution in [-0.2, 0) is 4.74 Å². The molecule has 0 saturated heterocycles. The van der Waals surface area contributed by atoms with E-state index in [0.29, 0.717) is 0 Å². The van der Waals surface area contributed by atoms with Crippen molar-refractivity contribution in [3.63, 3.8) is 0 Å². The summed E-state index contributed by atoms with van der Waals surface area (Å²) in [5, 5.41) is 8.70. The van der Waals surface area contributed by atoms with Gasteiger partial charge in [0.15, 0.2) is 0 Å². The van der Waals surface area contributed by atoms with Crippen molar-refractivity contribution in [2.45, 2.75) is 45.8 Å². The number of hydrazone groups is 1. The summed E-state index contributed by atoms with van der Waals surface area (Å²) in [6.07, 6.45) is 2.23. The van der Waals surface area contributed by atoms with Crippen molar-refractivity contribution in [2.24, 2.45) is 11.0 Å². The van der Waals surface area contributed by atoms with E-state index in [-0.39, 0.29) is 18.1 Å². The molecule has 0 aromatic carbocycles.